The van der Waals surface area contributed by atoms with Gasteiger partial charge in [-0.1, -0.05) is 6.92 Å². The summed E-state index contributed by atoms with van der Waals surface area (Å²) in [4.78, 5) is 11.7. The fourth-order valence-corrected chi connectivity index (χ4v) is 1.75. The van der Waals surface area contributed by atoms with Gasteiger partial charge in [0.25, 0.3) is 0 Å². The van der Waals surface area contributed by atoms with Gasteiger partial charge in [-0.2, -0.15) is 0 Å². The van der Waals surface area contributed by atoms with Gasteiger partial charge in [0, 0.05) is 38.0 Å². The average molecular weight is 283 g/mol. The Hall–Kier alpha value is -1.17. The van der Waals surface area contributed by atoms with Crippen molar-refractivity contribution < 1.29 is 19.0 Å². The summed E-state index contributed by atoms with van der Waals surface area (Å²) in [7, 11) is 1.65. The Balaban J connectivity index is 2.09. The van der Waals surface area contributed by atoms with Gasteiger partial charge in [0.2, 0.25) is 0 Å². The van der Waals surface area contributed by atoms with Gasteiger partial charge in [0.15, 0.2) is 5.78 Å². The minimum Gasteiger partial charge on any atom is -0.382 e. The van der Waals surface area contributed by atoms with Crippen LogP contribution in [-0.2, 0) is 20.8 Å². The third kappa shape index (κ3) is 6.84. The van der Waals surface area contributed by atoms with Crippen molar-refractivity contribution in [1.82, 2.24) is 4.57 Å². The molecule has 114 valence electrons. The van der Waals surface area contributed by atoms with Crippen molar-refractivity contribution in [1.29, 1.82) is 0 Å². The number of carbonyl (C=O) groups excluding carboxylic acids is 1. The largest absolute Gasteiger partial charge is 0.382 e. The first-order chi connectivity index (χ1) is 9.77. The second-order valence-electron chi connectivity index (χ2n) is 4.53. The van der Waals surface area contributed by atoms with Crippen LogP contribution < -0.4 is 0 Å². The molecule has 0 spiro atoms. The Morgan fingerprint density at radius 3 is 2.55 bits per heavy atom. The quantitative estimate of drug-likeness (QED) is 0.436. The van der Waals surface area contributed by atoms with Crippen molar-refractivity contribution in [3.8, 4) is 0 Å². The SMILES string of the molecule is CCCC(=O)c1ccn(CCOCCOCCOC)c1. The molecule has 1 rings (SSSR count). The van der Waals surface area contributed by atoms with Gasteiger partial charge in [-0.15, -0.1) is 0 Å². The Kier molecular flexibility index (Phi) is 8.95. The molecule has 0 atom stereocenters. The van der Waals surface area contributed by atoms with Crippen LogP contribution in [0.3, 0.4) is 0 Å². The van der Waals surface area contributed by atoms with Gasteiger partial charge in [-0.25, -0.2) is 0 Å². The maximum absolute atomic E-state index is 11.7. The average Bonchev–Trinajstić information content (AvgIpc) is 2.91. The molecule has 5 heteroatoms. The highest BCUT2D eigenvalue weighted by atomic mass is 16.5. The summed E-state index contributed by atoms with van der Waals surface area (Å²) < 4.78 is 17.6. The highest BCUT2D eigenvalue weighted by Crippen LogP contribution is 2.06. The fraction of sp³-hybridized carbons (Fsp3) is 0.667. The number of carbonyl (C=O) groups is 1. The standard InChI is InChI=1S/C15H25NO4/c1-3-4-15(17)14-5-6-16(13-14)7-8-19-11-12-20-10-9-18-2/h5-6,13H,3-4,7-12H2,1-2H3. The van der Waals surface area contributed by atoms with Crippen LogP contribution in [0.25, 0.3) is 0 Å². The number of rotatable bonds is 12. The number of nitrogens with zero attached hydrogens (tertiary/aromatic N) is 1. The van der Waals surface area contributed by atoms with Crippen molar-refractivity contribution in [2.24, 2.45) is 0 Å². The van der Waals surface area contributed by atoms with Crippen LogP contribution >= 0.6 is 0 Å². The van der Waals surface area contributed by atoms with E-state index in [0.717, 1.165) is 18.5 Å². The minimum atomic E-state index is 0.207. The Morgan fingerprint density at radius 2 is 1.85 bits per heavy atom. The molecule has 0 saturated heterocycles. The van der Waals surface area contributed by atoms with Crippen LogP contribution in [0.15, 0.2) is 18.5 Å². The van der Waals surface area contributed by atoms with Crippen LogP contribution in [0.2, 0.25) is 0 Å². The second-order valence-corrected chi connectivity index (χ2v) is 4.53. The molecule has 1 heterocycles. The smallest absolute Gasteiger partial charge is 0.164 e. The van der Waals surface area contributed by atoms with Crippen molar-refractivity contribution >= 4 is 5.78 Å². The molecule has 0 aliphatic carbocycles. The van der Waals surface area contributed by atoms with Crippen molar-refractivity contribution in [2.75, 3.05) is 40.1 Å². The summed E-state index contributed by atoms with van der Waals surface area (Å²) in [5.41, 5.74) is 0.787. The van der Waals surface area contributed by atoms with Gasteiger partial charge < -0.3 is 18.8 Å². The maximum Gasteiger partial charge on any atom is 0.164 e. The molecular formula is C15H25NO4. The Bertz CT molecular complexity index is 376. The molecule has 0 aliphatic rings. The van der Waals surface area contributed by atoms with Gasteiger partial charge in [0.1, 0.15) is 0 Å². The first-order valence-corrected chi connectivity index (χ1v) is 7.11. The van der Waals surface area contributed by atoms with E-state index in [4.69, 9.17) is 14.2 Å². The Morgan fingerprint density at radius 1 is 1.15 bits per heavy atom. The summed E-state index contributed by atoms with van der Waals surface area (Å²) >= 11 is 0. The van der Waals surface area contributed by atoms with Gasteiger partial charge in [-0.3, -0.25) is 4.79 Å². The number of methoxy groups -OCH3 is 1. The summed E-state index contributed by atoms with van der Waals surface area (Å²) in [6, 6.07) is 1.87. The van der Waals surface area contributed by atoms with Crippen molar-refractivity contribution in [2.45, 2.75) is 26.3 Å². The first-order valence-electron chi connectivity index (χ1n) is 7.11. The molecule has 5 nitrogen and oxygen atoms in total. The Labute approximate surface area is 120 Å². The van der Waals surface area contributed by atoms with E-state index in [1.165, 1.54) is 0 Å². The number of ether oxygens (including phenoxy) is 3. The molecular weight excluding hydrogens is 258 g/mol. The number of hydrogen-bond donors (Lipinski definition) is 0. The monoisotopic (exact) mass is 283 g/mol. The highest BCUT2D eigenvalue weighted by molar-refractivity contribution is 5.95. The molecule has 0 aromatic carbocycles. The third-order valence-corrected chi connectivity index (χ3v) is 2.85. The summed E-state index contributed by atoms with van der Waals surface area (Å²) in [6.45, 7) is 5.73. The number of aromatic nitrogens is 1. The van der Waals surface area contributed by atoms with E-state index < -0.39 is 0 Å². The molecule has 0 amide bonds. The van der Waals surface area contributed by atoms with E-state index in [1.807, 2.05) is 30.0 Å². The van der Waals surface area contributed by atoms with Crippen LogP contribution in [0.4, 0.5) is 0 Å². The van der Waals surface area contributed by atoms with Gasteiger partial charge >= 0.3 is 0 Å². The van der Waals surface area contributed by atoms with E-state index in [9.17, 15) is 4.79 Å². The van der Waals surface area contributed by atoms with Crippen LogP contribution in [-0.4, -0.2) is 50.5 Å². The van der Waals surface area contributed by atoms with Crippen molar-refractivity contribution in [3.05, 3.63) is 24.0 Å². The third-order valence-electron chi connectivity index (χ3n) is 2.85. The maximum atomic E-state index is 11.7. The van der Waals surface area contributed by atoms with E-state index in [0.29, 0.717) is 39.5 Å². The van der Waals surface area contributed by atoms with E-state index >= 15 is 0 Å². The van der Waals surface area contributed by atoms with E-state index in [-0.39, 0.29) is 5.78 Å². The van der Waals surface area contributed by atoms with Crippen LogP contribution in [0.5, 0.6) is 0 Å². The van der Waals surface area contributed by atoms with Gasteiger partial charge in [0.05, 0.1) is 33.0 Å². The lowest BCUT2D eigenvalue weighted by atomic mass is 10.1. The minimum absolute atomic E-state index is 0.207. The van der Waals surface area contributed by atoms with Crippen LogP contribution in [0, 0.1) is 0 Å². The summed E-state index contributed by atoms with van der Waals surface area (Å²) in [6.07, 6.45) is 5.30. The summed E-state index contributed by atoms with van der Waals surface area (Å²) in [5, 5.41) is 0. The number of hydrogen-bond acceptors (Lipinski definition) is 4. The normalized spacial score (nSPS) is 10.9. The summed E-state index contributed by atoms with van der Waals surface area (Å²) in [5.74, 6) is 0.207. The molecule has 1 aromatic heterocycles. The molecule has 0 N–H and O–H groups in total. The van der Waals surface area contributed by atoms with E-state index in [1.54, 1.807) is 7.11 Å². The lowest BCUT2D eigenvalue weighted by molar-refractivity contribution is 0.0230. The molecule has 20 heavy (non-hydrogen) atoms. The van der Waals surface area contributed by atoms with E-state index in [2.05, 4.69) is 0 Å². The number of ketones is 1. The highest BCUT2D eigenvalue weighted by Gasteiger charge is 2.05. The molecule has 0 aliphatic heterocycles. The molecule has 0 radical (unpaired) electrons. The molecule has 1 aromatic rings. The number of Topliss-reactive ketones (excluding diaryl/α,β-unsaturated/α-hetero) is 1. The lowest BCUT2D eigenvalue weighted by Gasteiger charge is -2.06. The molecule has 0 fully saturated rings. The zero-order chi connectivity index (χ0) is 14.6. The zero-order valence-corrected chi connectivity index (χ0v) is 12.5. The molecule has 0 saturated carbocycles. The van der Waals surface area contributed by atoms with Crippen LogP contribution in [0.1, 0.15) is 30.1 Å². The first kappa shape index (κ1) is 16.9. The predicted octanol–water partition coefficient (Wildman–Crippen LogP) is 2.15. The topological polar surface area (TPSA) is 49.7 Å². The molecule has 0 unspecified atom stereocenters. The van der Waals surface area contributed by atoms with Gasteiger partial charge in [-0.05, 0) is 12.5 Å². The molecule has 0 bridgehead atoms. The zero-order valence-electron chi connectivity index (χ0n) is 12.5. The second kappa shape index (κ2) is 10.6. The fourth-order valence-electron chi connectivity index (χ4n) is 1.75. The van der Waals surface area contributed by atoms with Crippen molar-refractivity contribution in [3.63, 3.8) is 0 Å². The predicted molar refractivity (Wildman–Crippen MR) is 77.2 cm³/mol. The lowest BCUT2D eigenvalue weighted by Crippen LogP contribution is -2.11.